The van der Waals surface area contributed by atoms with Gasteiger partial charge in [-0.2, -0.15) is 0 Å². The fraction of sp³-hybridized carbons (Fsp3) is 0.211. The van der Waals surface area contributed by atoms with E-state index in [2.05, 4.69) is 5.32 Å². The molecule has 0 radical (unpaired) electrons. The first-order chi connectivity index (χ1) is 11.0. The predicted molar refractivity (Wildman–Crippen MR) is 92.4 cm³/mol. The molecule has 0 amide bonds. The Morgan fingerprint density at radius 2 is 1.74 bits per heavy atom. The average molecular weight is 311 g/mol. The number of aryl methyl sites for hydroxylation is 1. The molecule has 120 valence electrons. The van der Waals surface area contributed by atoms with Crippen LogP contribution in [0.5, 0.6) is 11.5 Å². The quantitative estimate of drug-likeness (QED) is 0.641. The molecule has 0 saturated carbocycles. The number of carbonyl (C=O) groups is 1. The molecule has 0 atom stereocenters. The Balaban J connectivity index is 2.19. The first-order valence-electron chi connectivity index (χ1n) is 7.32. The van der Waals surface area contributed by atoms with Gasteiger partial charge < -0.3 is 14.8 Å². The maximum Gasteiger partial charge on any atom is 0.187 e. The van der Waals surface area contributed by atoms with Crippen LogP contribution in [0.4, 0.5) is 5.69 Å². The maximum atomic E-state index is 12.3. The first kappa shape index (κ1) is 16.6. The molecule has 0 unspecified atom stereocenters. The van der Waals surface area contributed by atoms with E-state index in [0.29, 0.717) is 17.1 Å². The van der Waals surface area contributed by atoms with Crippen LogP contribution in [0, 0.1) is 6.92 Å². The monoisotopic (exact) mass is 311 g/mol. The van der Waals surface area contributed by atoms with Crippen molar-refractivity contribution in [1.82, 2.24) is 0 Å². The van der Waals surface area contributed by atoms with Gasteiger partial charge in [0.15, 0.2) is 5.78 Å². The van der Waals surface area contributed by atoms with Gasteiger partial charge in [0.05, 0.1) is 19.9 Å². The summed E-state index contributed by atoms with van der Waals surface area (Å²) in [6, 6.07) is 13.0. The van der Waals surface area contributed by atoms with Gasteiger partial charge >= 0.3 is 0 Å². The first-order valence-corrected chi connectivity index (χ1v) is 7.32. The van der Waals surface area contributed by atoms with Gasteiger partial charge in [-0.3, -0.25) is 4.79 Å². The zero-order valence-electron chi connectivity index (χ0n) is 13.8. The van der Waals surface area contributed by atoms with E-state index in [0.717, 1.165) is 16.9 Å². The summed E-state index contributed by atoms with van der Waals surface area (Å²) in [4.78, 5) is 12.3. The van der Waals surface area contributed by atoms with E-state index in [1.54, 1.807) is 20.3 Å². The van der Waals surface area contributed by atoms with E-state index in [1.165, 1.54) is 0 Å². The smallest absolute Gasteiger partial charge is 0.187 e. The average Bonchev–Trinajstić information content (AvgIpc) is 2.55. The minimum Gasteiger partial charge on any atom is -0.497 e. The van der Waals surface area contributed by atoms with E-state index in [1.807, 2.05) is 56.3 Å². The van der Waals surface area contributed by atoms with Gasteiger partial charge in [0.1, 0.15) is 11.5 Å². The fourth-order valence-electron chi connectivity index (χ4n) is 2.16. The molecule has 0 aliphatic heterocycles. The Bertz CT molecular complexity index is 718. The normalized spacial score (nSPS) is 11.0. The van der Waals surface area contributed by atoms with Gasteiger partial charge in [0, 0.05) is 23.4 Å². The highest BCUT2D eigenvalue weighted by Gasteiger charge is 2.07. The van der Waals surface area contributed by atoms with Gasteiger partial charge in [-0.25, -0.2) is 0 Å². The summed E-state index contributed by atoms with van der Waals surface area (Å²) in [6.45, 7) is 3.83. The van der Waals surface area contributed by atoms with Crippen LogP contribution in [0.3, 0.4) is 0 Å². The molecule has 0 aliphatic carbocycles. The standard InChI is InChI=1S/C19H21NO3/c1-13-5-7-15(8-6-13)18(21)11-14(2)20-17-12-16(22-3)9-10-19(17)23-4/h5-12,20H,1-4H3/b14-11+. The van der Waals surface area contributed by atoms with Crippen LogP contribution in [0.1, 0.15) is 22.8 Å². The van der Waals surface area contributed by atoms with Crippen LogP contribution < -0.4 is 14.8 Å². The number of ether oxygens (including phenoxy) is 2. The molecule has 23 heavy (non-hydrogen) atoms. The molecule has 0 saturated heterocycles. The molecule has 0 aromatic heterocycles. The van der Waals surface area contributed by atoms with Crippen molar-refractivity contribution in [3.63, 3.8) is 0 Å². The van der Waals surface area contributed by atoms with Crippen LogP contribution >= 0.6 is 0 Å². The van der Waals surface area contributed by atoms with E-state index >= 15 is 0 Å². The number of methoxy groups -OCH3 is 2. The lowest BCUT2D eigenvalue weighted by molar-refractivity contribution is 0.104. The Morgan fingerprint density at radius 3 is 2.35 bits per heavy atom. The Kier molecular flexibility index (Phi) is 5.41. The molecule has 4 nitrogen and oxygen atoms in total. The van der Waals surface area contributed by atoms with Crippen molar-refractivity contribution in [3.8, 4) is 11.5 Å². The Hall–Kier alpha value is -2.75. The van der Waals surface area contributed by atoms with Crippen molar-refractivity contribution in [2.24, 2.45) is 0 Å². The topological polar surface area (TPSA) is 47.6 Å². The van der Waals surface area contributed by atoms with Crippen molar-refractivity contribution in [3.05, 3.63) is 65.4 Å². The number of rotatable bonds is 6. The van der Waals surface area contributed by atoms with Gasteiger partial charge in [-0.15, -0.1) is 0 Å². The number of hydrogen-bond donors (Lipinski definition) is 1. The molecule has 1 N–H and O–H groups in total. The third-order valence-electron chi connectivity index (χ3n) is 3.42. The largest absolute Gasteiger partial charge is 0.497 e. The summed E-state index contributed by atoms with van der Waals surface area (Å²) in [5.41, 5.74) is 3.26. The summed E-state index contributed by atoms with van der Waals surface area (Å²) in [6.07, 6.45) is 1.57. The molecule has 0 spiro atoms. The maximum absolute atomic E-state index is 12.3. The van der Waals surface area contributed by atoms with E-state index in [4.69, 9.17) is 9.47 Å². The molecule has 0 fully saturated rings. The summed E-state index contributed by atoms with van der Waals surface area (Å²) in [7, 11) is 3.21. The van der Waals surface area contributed by atoms with Crippen molar-refractivity contribution in [1.29, 1.82) is 0 Å². The molecular formula is C19H21NO3. The zero-order valence-corrected chi connectivity index (χ0v) is 13.8. The molecule has 2 rings (SSSR count). The van der Waals surface area contributed by atoms with Gasteiger partial charge in [0.2, 0.25) is 0 Å². The van der Waals surface area contributed by atoms with E-state index in [-0.39, 0.29) is 5.78 Å². The highest BCUT2D eigenvalue weighted by molar-refractivity contribution is 6.05. The van der Waals surface area contributed by atoms with E-state index in [9.17, 15) is 4.79 Å². The molecule has 2 aromatic rings. The Labute approximate surface area is 136 Å². The number of nitrogens with one attached hydrogen (secondary N) is 1. The molecule has 2 aromatic carbocycles. The second-order valence-electron chi connectivity index (χ2n) is 5.25. The molecule has 0 heterocycles. The SMILES string of the molecule is COc1ccc(OC)c(N/C(C)=C/C(=O)c2ccc(C)cc2)c1. The van der Waals surface area contributed by atoms with Crippen molar-refractivity contribution in [2.45, 2.75) is 13.8 Å². The van der Waals surface area contributed by atoms with Crippen LogP contribution in [-0.4, -0.2) is 20.0 Å². The van der Waals surface area contributed by atoms with Crippen LogP contribution in [0.15, 0.2) is 54.2 Å². The van der Waals surface area contributed by atoms with Crippen LogP contribution in [-0.2, 0) is 0 Å². The van der Waals surface area contributed by atoms with Crippen LogP contribution in [0.25, 0.3) is 0 Å². The summed E-state index contributed by atoms with van der Waals surface area (Å²) >= 11 is 0. The van der Waals surface area contributed by atoms with Gasteiger partial charge in [0.25, 0.3) is 0 Å². The summed E-state index contributed by atoms with van der Waals surface area (Å²) in [5, 5.41) is 3.18. The van der Waals surface area contributed by atoms with Crippen molar-refractivity contribution in [2.75, 3.05) is 19.5 Å². The molecule has 0 bridgehead atoms. The number of carbonyl (C=O) groups excluding carboxylic acids is 1. The lowest BCUT2D eigenvalue weighted by atomic mass is 10.1. The molecule has 4 heteroatoms. The van der Waals surface area contributed by atoms with E-state index < -0.39 is 0 Å². The number of allylic oxidation sites excluding steroid dienone is 2. The lowest BCUT2D eigenvalue weighted by Crippen LogP contribution is -2.03. The van der Waals surface area contributed by atoms with Crippen LogP contribution in [0.2, 0.25) is 0 Å². The fourth-order valence-corrected chi connectivity index (χ4v) is 2.16. The second kappa shape index (κ2) is 7.49. The van der Waals surface area contributed by atoms with Gasteiger partial charge in [-0.05, 0) is 26.0 Å². The van der Waals surface area contributed by atoms with Crippen molar-refractivity contribution < 1.29 is 14.3 Å². The highest BCUT2D eigenvalue weighted by Crippen LogP contribution is 2.29. The lowest BCUT2D eigenvalue weighted by Gasteiger charge is -2.13. The van der Waals surface area contributed by atoms with Crippen molar-refractivity contribution >= 4 is 11.5 Å². The Morgan fingerprint density at radius 1 is 1.04 bits per heavy atom. The molecular weight excluding hydrogens is 290 g/mol. The third kappa shape index (κ3) is 4.36. The number of anilines is 1. The zero-order chi connectivity index (χ0) is 16.8. The third-order valence-corrected chi connectivity index (χ3v) is 3.42. The molecule has 0 aliphatic rings. The number of hydrogen-bond acceptors (Lipinski definition) is 4. The number of benzene rings is 2. The summed E-state index contributed by atoms with van der Waals surface area (Å²) in [5.74, 6) is 1.35. The second-order valence-corrected chi connectivity index (χ2v) is 5.25. The summed E-state index contributed by atoms with van der Waals surface area (Å²) < 4.78 is 10.5. The number of ketones is 1. The predicted octanol–water partition coefficient (Wildman–Crippen LogP) is 4.21. The minimum atomic E-state index is -0.0446. The minimum absolute atomic E-state index is 0.0446. The highest BCUT2D eigenvalue weighted by atomic mass is 16.5. The van der Waals surface area contributed by atoms with Gasteiger partial charge in [-0.1, -0.05) is 29.8 Å².